The predicted molar refractivity (Wildman–Crippen MR) is 248 cm³/mol. The molecule has 0 unspecified atom stereocenters. The minimum absolute atomic E-state index is 0. The van der Waals surface area contributed by atoms with Gasteiger partial charge in [0, 0.05) is 35.6 Å². The van der Waals surface area contributed by atoms with Crippen molar-refractivity contribution in [1.29, 1.82) is 0 Å². The Hall–Kier alpha value is -4.96. The fourth-order valence-electron chi connectivity index (χ4n) is 6.44. The molecule has 7 aromatic rings. The summed E-state index contributed by atoms with van der Waals surface area (Å²) in [6.07, 6.45) is 0. The van der Waals surface area contributed by atoms with Crippen molar-refractivity contribution in [3.05, 3.63) is 135 Å². The SMILES string of the molecule is Nc1ccc(N=Nc2cc(S(=O)(=O)[O-])cc3cc(S(=O)(=O)[O-])c(N=Nc4ccc(Nc5ccc([N+](=O)[O-])cc5S(=O)(=O)[O-])cc4)c(O)c23)c(N=Nc2ccc(Nc3ccc([N+](=O)[O-])cc3S(=O)(=O)[O-])cc2)c1O.[Na+].[Na+].[Na+].[Na+]. The minimum Gasteiger partial charge on any atom is -0.744 e. The van der Waals surface area contributed by atoms with E-state index in [1.165, 1.54) is 48.5 Å². The fraction of sp³-hybridized carbons (Fsp3) is 0. The molecule has 7 rings (SSSR count). The second-order valence-corrected chi connectivity index (χ2v) is 20.0. The van der Waals surface area contributed by atoms with E-state index in [1.807, 2.05) is 0 Å². The van der Waals surface area contributed by atoms with Gasteiger partial charge in [-0.2, -0.15) is 10.2 Å². The molecule has 7 aromatic carbocycles. The van der Waals surface area contributed by atoms with E-state index in [9.17, 15) is 82.3 Å². The zero-order valence-electron chi connectivity index (χ0n) is 39.7. The van der Waals surface area contributed by atoms with E-state index in [4.69, 9.17) is 5.73 Å². The Morgan fingerprint density at radius 2 is 0.883 bits per heavy atom. The number of benzene rings is 7. The van der Waals surface area contributed by atoms with Gasteiger partial charge in [0.05, 0.1) is 68.9 Å². The van der Waals surface area contributed by atoms with E-state index < -0.39 is 121 Å². The molecule has 0 aliphatic rings. The average Bonchev–Trinajstić information content (AvgIpc) is 3.30. The van der Waals surface area contributed by atoms with Crippen LogP contribution in [0.1, 0.15) is 0 Å². The number of nitrogens with two attached hydrogens (primary N) is 1. The maximum Gasteiger partial charge on any atom is 1.00 e. The van der Waals surface area contributed by atoms with E-state index in [1.54, 1.807) is 0 Å². The Morgan fingerprint density at radius 1 is 0.455 bits per heavy atom. The molecule has 0 saturated carbocycles. The number of phenols is 2. The Labute approximate surface area is 522 Å². The molecule has 29 nitrogen and oxygen atoms in total. The second kappa shape index (κ2) is 26.3. The summed E-state index contributed by atoms with van der Waals surface area (Å²) in [5.41, 5.74) is 1.39. The van der Waals surface area contributed by atoms with Crippen LogP contribution in [-0.2, 0) is 40.5 Å². The molecular weight excluding hydrogens is 1140 g/mol. The van der Waals surface area contributed by atoms with E-state index in [-0.39, 0.29) is 164 Å². The number of fused-ring (bicyclic) bond motifs is 1. The molecule has 0 aromatic heterocycles. The van der Waals surface area contributed by atoms with Gasteiger partial charge in [-0.05, 0) is 96.4 Å². The summed E-state index contributed by atoms with van der Waals surface area (Å²) < 4.78 is 145. The number of rotatable bonds is 16. The molecule has 0 spiro atoms. The number of hydrogen-bond donors (Lipinski definition) is 5. The van der Waals surface area contributed by atoms with Crippen molar-refractivity contribution in [1.82, 2.24) is 0 Å². The number of nitrogens with zero attached hydrogens (tertiary/aromatic N) is 8. The van der Waals surface area contributed by atoms with E-state index in [0.29, 0.717) is 30.3 Å². The van der Waals surface area contributed by atoms with Crippen LogP contribution in [0.5, 0.6) is 11.5 Å². The van der Waals surface area contributed by atoms with Gasteiger partial charge >= 0.3 is 118 Å². The number of nitro groups is 2. The maximum absolute atomic E-state index is 12.5. The summed E-state index contributed by atoms with van der Waals surface area (Å²) >= 11 is 0. The van der Waals surface area contributed by atoms with E-state index in [2.05, 4.69) is 41.3 Å². The van der Waals surface area contributed by atoms with Crippen LogP contribution in [0.2, 0.25) is 0 Å². The number of nitrogens with one attached hydrogen (secondary N) is 2. The average molecular weight is 1170 g/mol. The van der Waals surface area contributed by atoms with Gasteiger partial charge in [-0.25, -0.2) is 33.7 Å². The number of aromatic hydroxyl groups is 2. The molecule has 0 heterocycles. The van der Waals surface area contributed by atoms with Gasteiger partial charge in [-0.1, -0.05) is 0 Å². The molecule has 0 atom stereocenters. The number of nitrogen functional groups attached to an aromatic ring is 1. The molecule has 0 amide bonds. The molecule has 0 bridgehead atoms. The van der Waals surface area contributed by atoms with Gasteiger partial charge in [0.2, 0.25) is 0 Å². The third kappa shape index (κ3) is 16.1. The number of nitro benzene ring substituents is 2. The van der Waals surface area contributed by atoms with Crippen LogP contribution in [0, 0.1) is 20.2 Å². The van der Waals surface area contributed by atoms with Crippen LogP contribution in [0.25, 0.3) is 10.8 Å². The Balaban J connectivity index is 0.00000390. The first-order valence-corrected chi connectivity index (χ1v) is 25.1. The molecule has 376 valence electrons. The summed E-state index contributed by atoms with van der Waals surface area (Å²) in [4.78, 5) is 16.3. The van der Waals surface area contributed by atoms with Crippen LogP contribution in [-0.4, -0.2) is 71.9 Å². The quantitative estimate of drug-likeness (QED) is 0.0117. The first-order valence-electron chi connectivity index (χ1n) is 19.4. The normalized spacial score (nSPS) is 11.8. The largest absolute Gasteiger partial charge is 1.00 e. The summed E-state index contributed by atoms with van der Waals surface area (Å²) in [6.45, 7) is 0. The molecule has 0 radical (unpaired) electrons. The standard InChI is InChI=1S/C40H29N11O18S4.4Na/c41-28-11-14-31(37(39(28)52)48-44-23-5-1-21(2-6-23)42-29-12-9-25(50(54)55)17-33(29)71(61,62)63)46-47-32-19-27(70(58,59)60)15-20-16-35(73(67,68)69)38(40(53)36(20)32)49-45-24-7-3-22(4-8-24)43-30-13-10-26(51(56)57)18-34(30)72(64,65)66;;;;/h1-19,42-43,52-53H,41H2,(H,58,59,60)(H,61,62,63)(H,64,65,66)(H,67,68,69);;;;/q;4*+1/p-4. The second-order valence-electron chi connectivity index (χ2n) is 14.6. The molecule has 0 aliphatic heterocycles. The Kier molecular flexibility index (Phi) is 22.7. The van der Waals surface area contributed by atoms with Crippen molar-refractivity contribution < 1.29 is 190 Å². The van der Waals surface area contributed by atoms with E-state index >= 15 is 0 Å². The van der Waals surface area contributed by atoms with Crippen molar-refractivity contribution in [2.24, 2.45) is 30.7 Å². The predicted octanol–water partition coefficient (Wildman–Crippen LogP) is -3.98. The van der Waals surface area contributed by atoms with Crippen molar-refractivity contribution in [2.45, 2.75) is 19.6 Å². The van der Waals surface area contributed by atoms with Crippen LogP contribution in [0.3, 0.4) is 0 Å². The number of non-ortho nitro benzene ring substituents is 2. The Morgan fingerprint density at radius 3 is 1.30 bits per heavy atom. The molecule has 0 fully saturated rings. The van der Waals surface area contributed by atoms with Crippen LogP contribution in [0.15, 0.2) is 166 Å². The summed E-state index contributed by atoms with van der Waals surface area (Å²) in [7, 11) is -21.4. The summed E-state index contributed by atoms with van der Waals surface area (Å²) in [6, 6.07) is 19.4. The van der Waals surface area contributed by atoms with Gasteiger partial charge in [-0.15, -0.1) is 20.5 Å². The van der Waals surface area contributed by atoms with Crippen molar-refractivity contribution >= 4 is 125 Å². The van der Waals surface area contributed by atoms with Gasteiger partial charge in [0.25, 0.3) is 11.4 Å². The van der Waals surface area contributed by atoms with Gasteiger partial charge in [0.15, 0.2) is 17.2 Å². The third-order valence-electron chi connectivity index (χ3n) is 9.80. The van der Waals surface area contributed by atoms with Crippen molar-refractivity contribution in [3.63, 3.8) is 0 Å². The fourth-order valence-corrected chi connectivity index (χ4v) is 8.92. The molecule has 77 heavy (non-hydrogen) atoms. The first-order chi connectivity index (χ1) is 34.1. The molecule has 0 saturated heterocycles. The van der Waals surface area contributed by atoms with Gasteiger partial charge in [0.1, 0.15) is 51.8 Å². The van der Waals surface area contributed by atoms with Crippen molar-refractivity contribution in [2.75, 3.05) is 16.4 Å². The molecule has 0 aliphatic carbocycles. The minimum atomic E-state index is -5.60. The smallest absolute Gasteiger partial charge is 0.744 e. The van der Waals surface area contributed by atoms with Crippen LogP contribution >= 0.6 is 0 Å². The number of hydrogen-bond acceptors (Lipinski definition) is 27. The Bertz CT molecular complexity index is 4030. The molecule has 6 N–H and O–H groups in total. The topological polar surface area (TPSA) is 480 Å². The van der Waals surface area contributed by atoms with Gasteiger partial charge < -0.3 is 44.8 Å². The van der Waals surface area contributed by atoms with Crippen LogP contribution in [0.4, 0.5) is 73.9 Å². The summed E-state index contributed by atoms with van der Waals surface area (Å²) in [5.74, 6) is -1.87. The van der Waals surface area contributed by atoms with E-state index in [0.717, 1.165) is 36.4 Å². The number of phenolic OH excluding ortho intramolecular Hbond substituents is 2. The monoisotopic (exact) mass is 1170 g/mol. The molecule has 37 heteroatoms. The van der Waals surface area contributed by atoms with Crippen molar-refractivity contribution in [3.8, 4) is 11.5 Å². The number of azo groups is 3. The van der Waals surface area contributed by atoms with Gasteiger partial charge in [-0.3, -0.25) is 20.2 Å². The number of anilines is 5. The first kappa shape index (κ1) is 66.3. The maximum atomic E-state index is 12.5. The third-order valence-corrected chi connectivity index (χ3v) is 13.2. The zero-order valence-corrected chi connectivity index (χ0v) is 51.0. The molecular formula is C40H25N11Na4O18S4. The zero-order chi connectivity index (χ0) is 53.4. The summed E-state index contributed by atoms with van der Waals surface area (Å²) in [5, 5.41) is 72.4. The van der Waals surface area contributed by atoms with Crippen LogP contribution < -0.4 is 135 Å².